The number of rotatable bonds is 7. The van der Waals surface area contributed by atoms with Gasteiger partial charge in [-0.3, -0.25) is 4.79 Å². The average Bonchev–Trinajstić information content (AvgIpc) is 3.05. The highest BCUT2D eigenvalue weighted by molar-refractivity contribution is 5.75. The van der Waals surface area contributed by atoms with Gasteiger partial charge in [0.1, 0.15) is 6.54 Å². The molecule has 1 aromatic heterocycles. The van der Waals surface area contributed by atoms with Gasteiger partial charge in [0.05, 0.1) is 0 Å². The summed E-state index contributed by atoms with van der Waals surface area (Å²) in [5, 5.41) is 6.36. The van der Waals surface area contributed by atoms with E-state index in [2.05, 4.69) is 30.5 Å². The summed E-state index contributed by atoms with van der Waals surface area (Å²) in [5.74, 6) is 0.851. The number of hydrogen-bond acceptors (Lipinski definition) is 2. The van der Waals surface area contributed by atoms with Crippen LogP contribution in [0.5, 0.6) is 0 Å². The van der Waals surface area contributed by atoms with E-state index in [1.165, 1.54) is 12.8 Å². The maximum absolute atomic E-state index is 11.8. The lowest BCUT2D eigenvalue weighted by Gasteiger charge is -2.12. The minimum atomic E-state index is 0.115. The summed E-state index contributed by atoms with van der Waals surface area (Å²) < 4.78 is 2.01. The van der Waals surface area contributed by atoms with Crippen molar-refractivity contribution in [2.45, 2.75) is 45.8 Å². The standard InChI is InChI=1S/C14H23N3O/c1-11(2)15-9-13-4-3-7-17(13)10-14(18)16-8-12-5-6-12/h3-4,7,11-12,15H,5-6,8-10H2,1-2H3,(H,16,18). The van der Waals surface area contributed by atoms with E-state index < -0.39 is 0 Å². The van der Waals surface area contributed by atoms with Crippen molar-refractivity contribution < 1.29 is 4.79 Å². The topological polar surface area (TPSA) is 46.1 Å². The minimum absolute atomic E-state index is 0.115. The third kappa shape index (κ3) is 4.18. The van der Waals surface area contributed by atoms with Crippen LogP contribution in [-0.4, -0.2) is 23.1 Å². The summed E-state index contributed by atoms with van der Waals surface area (Å²) in [6.45, 7) is 6.32. The number of hydrogen-bond donors (Lipinski definition) is 2. The Kier molecular flexibility index (Phi) is 4.42. The molecule has 2 N–H and O–H groups in total. The molecule has 1 aliphatic carbocycles. The lowest BCUT2D eigenvalue weighted by Crippen LogP contribution is -2.30. The van der Waals surface area contributed by atoms with E-state index in [0.29, 0.717) is 12.6 Å². The summed E-state index contributed by atoms with van der Waals surface area (Å²) in [6.07, 6.45) is 4.51. The molecule has 0 aliphatic heterocycles. The Bertz CT molecular complexity index is 393. The van der Waals surface area contributed by atoms with E-state index in [9.17, 15) is 4.79 Å². The third-order valence-electron chi connectivity index (χ3n) is 3.21. The van der Waals surface area contributed by atoms with Crippen LogP contribution in [0.25, 0.3) is 0 Å². The molecule has 0 bridgehead atoms. The summed E-state index contributed by atoms with van der Waals surface area (Å²) >= 11 is 0. The number of carbonyl (C=O) groups excluding carboxylic acids is 1. The number of amides is 1. The molecule has 1 saturated carbocycles. The highest BCUT2D eigenvalue weighted by Gasteiger charge is 2.21. The molecule has 1 fully saturated rings. The zero-order valence-corrected chi connectivity index (χ0v) is 11.3. The van der Waals surface area contributed by atoms with Gasteiger partial charge in [-0.15, -0.1) is 0 Å². The molecule has 0 aromatic carbocycles. The zero-order chi connectivity index (χ0) is 13.0. The predicted octanol–water partition coefficient (Wildman–Crippen LogP) is 1.51. The van der Waals surface area contributed by atoms with E-state index in [-0.39, 0.29) is 5.91 Å². The van der Waals surface area contributed by atoms with E-state index in [0.717, 1.165) is 24.7 Å². The quantitative estimate of drug-likeness (QED) is 0.769. The summed E-state index contributed by atoms with van der Waals surface area (Å²) in [6, 6.07) is 4.51. The average molecular weight is 249 g/mol. The van der Waals surface area contributed by atoms with Gasteiger partial charge in [-0.1, -0.05) is 13.8 Å². The predicted molar refractivity (Wildman–Crippen MR) is 72.1 cm³/mol. The van der Waals surface area contributed by atoms with Gasteiger partial charge in [-0.05, 0) is 30.9 Å². The molecule has 4 nitrogen and oxygen atoms in total. The molecular formula is C14H23N3O. The summed E-state index contributed by atoms with van der Waals surface area (Å²) in [4.78, 5) is 11.8. The zero-order valence-electron chi connectivity index (χ0n) is 11.3. The molecule has 0 saturated heterocycles. The molecule has 0 radical (unpaired) electrons. The van der Waals surface area contributed by atoms with E-state index in [1.54, 1.807) is 0 Å². The van der Waals surface area contributed by atoms with Crippen LogP contribution in [0.1, 0.15) is 32.4 Å². The second-order valence-electron chi connectivity index (χ2n) is 5.41. The van der Waals surface area contributed by atoms with Gasteiger partial charge < -0.3 is 15.2 Å². The highest BCUT2D eigenvalue weighted by Crippen LogP contribution is 2.27. The van der Waals surface area contributed by atoms with E-state index in [4.69, 9.17) is 0 Å². The van der Waals surface area contributed by atoms with Gasteiger partial charge in [0.25, 0.3) is 0 Å². The van der Waals surface area contributed by atoms with Gasteiger partial charge in [0.2, 0.25) is 5.91 Å². The van der Waals surface area contributed by atoms with Gasteiger partial charge in [0.15, 0.2) is 0 Å². The molecule has 1 heterocycles. The Morgan fingerprint density at radius 3 is 2.94 bits per heavy atom. The van der Waals surface area contributed by atoms with E-state index in [1.807, 2.05) is 16.8 Å². The maximum Gasteiger partial charge on any atom is 0.239 e. The van der Waals surface area contributed by atoms with Crippen molar-refractivity contribution in [3.8, 4) is 0 Å². The van der Waals surface area contributed by atoms with Crippen molar-refractivity contribution >= 4 is 5.91 Å². The minimum Gasteiger partial charge on any atom is -0.354 e. The smallest absolute Gasteiger partial charge is 0.239 e. The van der Waals surface area contributed by atoms with Crippen LogP contribution >= 0.6 is 0 Å². The first-order valence-electron chi connectivity index (χ1n) is 6.79. The van der Waals surface area contributed by atoms with Crippen LogP contribution in [-0.2, 0) is 17.9 Å². The Hall–Kier alpha value is -1.29. The maximum atomic E-state index is 11.8. The van der Waals surface area contributed by atoms with Crippen LogP contribution in [0.3, 0.4) is 0 Å². The molecule has 0 atom stereocenters. The van der Waals surface area contributed by atoms with Crippen molar-refractivity contribution in [3.05, 3.63) is 24.0 Å². The molecule has 0 unspecified atom stereocenters. The first kappa shape index (κ1) is 13.1. The Morgan fingerprint density at radius 2 is 2.28 bits per heavy atom. The van der Waals surface area contributed by atoms with Crippen LogP contribution in [0.4, 0.5) is 0 Å². The molecule has 0 spiro atoms. The summed E-state index contributed by atoms with van der Waals surface area (Å²) in [7, 11) is 0. The van der Waals surface area contributed by atoms with Crippen LogP contribution < -0.4 is 10.6 Å². The van der Waals surface area contributed by atoms with Crippen molar-refractivity contribution in [2.75, 3.05) is 6.54 Å². The number of aromatic nitrogens is 1. The number of carbonyl (C=O) groups is 1. The van der Waals surface area contributed by atoms with Crippen molar-refractivity contribution in [2.24, 2.45) is 5.92 Å². The fourth-order valence-electron chi connectivity index (χ4n) is 1.86. The molecule has 1 amide bonds. The molecule has 100 valence electrons. The Labute approximate surface area is 109 Å². The van der Waals surface area contributed by atoms with E-state index >= 15 is 0 Å². The Balaban J connectivity index is 1.79. The van der Waals surface area contributed by atoms with Gasteiger partial charge >= 0.3 is 0 Å². The number of nitrogens with zero attached hydrogens (tertiary/aromatic N) is 1. The fraction of sp³-hybridized carbons (Fsp3) is 0.643. The van der Waals surface area contributed by atoms with Gasteiger partial charge in [-0.25, -0.2) is 0 Å². The summed E-state index contributed by atoms with van der Waals surface area (Å²) in [5.41, 5.74) is 1.16. The second kappa shape index (κ2) is 6.05. The molecule has 1 aliphatic rings. The second-order valence-corrected chi connectivity index (χ2v) is 5.41. The fourth-order valence-corrected chi connectivity index (χ4v) is 1.86. The van der Waals surface area contributed by atoms with Gasteiger partial charge in [-0.2, -0.15) is 0 Å². The molecule has 4 heteroatoms. The van der Waals surface area contributed by atoms with Crippen molar-refractivity contribution in [3.63, 3.8) is 0 Å². The van der Waals surface area contributed by atoms with Gasteiger partial charge in [0, 0.05) is 31.0 Å². The first-order valence-corrected chi connectivity index (χ1v) is 6.79. The Morgan fingerprint density at radius 1 is 1.50 bits per heavy atom. The lowest BCUT2D eigenvalue weighted by molar-refractivity contribution is -0.121. The number of nitrogens with one attached hydrogen (secondary N) is 2. The highest BCUT2D eigenvalue weighted by atomic mass is 16.1. The van der Waals surface area contributed by atoms with Crippen LogP contribution in [0.2, 0.25) is 0 Å². The largest absolute Gasteiger partial charge is 0.354 e. The molecular weight excluding hydrogens is 226 g/mol. The SMILES string of the molecule is CC(C)NCc1cccn1CC(=O)NCC1CC1. The first-order chi connectivity index (χ1) is 8.65. The van der Waals surface area contributed by atoms with Crippen molar-refractivity contribution in [1.29, 1.82) is 0 Å². The van der Waals surface area contributed by atoms with Crippen LogP contribution in [0, 0.1) is 5.92 Å². The molecule has 18 heavy (non-hydrogen) atoms. The third-order valence-corrected chi connectivity index (χ3v) is 3.21. The van der Waals surface area contributed by atoms with Crippen LogP contribution in [0.15, 0.2) is 18.3 Å². The molecule has 1 aromatic rings. The lowest BCUT2D eigenvalue weighted by atomic mass is 10.3. The van der Waals surface area contributed by atoms with Crippen molar-refractivity contribution in [1.82, 2.24) is 15.2 Å². The normalized spacial score (nSPS) is 15.1. The molecule has 2 rings (SSSR count). The monoisotopic (exact) mass is 249 g/mol.